The quantitative estimate of drug-likeness (QED) is 0.312. The molecule has 4 rings (SSSR count). The number of pyridine rings is 1. The topological polar surface area (TPSA) is 96.5 Å². The summed E-state index contributed by atoms with van der Waals surface area (Å²) in [7, 11) is 0. The number of carbonyl (C=O) groups is 1. The molecular formula is C28H24N4O3. The molecule has 1 amide bonds. The van der Waals surface area contributed by atoms with Crippen LogP contribution in [0.1, 0.15) is 29.2 Å². The Labute approximate surface area is 203 Å². The second-order valence-corrected chi connectivity index (χ2v) is 8.11. The first-order chi connectivity index (χ1) is 16.9. The molecule has 0 aliphatic carbocycles. The van der Waals surface area contributed by atoms with Crippen molar-refractivity contribution in [1.82, 2.24) is 9.38 Å². The number of hydrogen-bond donors (Lipinski definition) is 1. The monoisotopic (exact) mass is 464 g/mol. The van der Waals surface area contributed by atoms with Crippen LogP contribution in [0, 0.1) is 25.2 Å². The maximum Gasteiger partial charge on any atom is 0.269 e. The molecule has 0 aliphatic heterocycles. The van der Waals surface area contributed by atoms with Gasteiger partial charge in [-0.05, 0) is 73.4 Å². The first kappa shape index (κ1) is 23.5. The lowest BCUT2D eigenvalue weighted by Gasteiger charge is -2.11. The lowest BCUT2D eigenvalue weighted by atomic mass is 10.1. The first-order valence-corrected chi connectivity index (χ1v) is 11.2. The van der Waals surface area contributed by atoms with Crippen LogP contribution in [0.15, 0.2) is 77.2 Å². The molecule has 0 radical (unpaired) electrons. The van der Waals surface area contributed by atoms with Gasteiger partial charge in [-0.2, -0.15) is 10.2 Å². The number of amides is 1. The molecule has 1 N–H and O–H groups in total. The minimum atomic E-state index is -0.628. The van der Waals surface area contributed by atoms with Gasteiger partial charge in [0, 0.05) is 11.9 Å². The number of nitriles is 1. The molecule has 7 heteroatoms. The van der Waals surface area contributed by atoms with E-state index < -0.39 is 11.5 Å². The van der Waals surface area contributed by atoms with Gasteiger partial charge < -0.3 is 10.1 Å². The molecule has 2 aromatic carbocycles. The summed E-state index contributed by atoms with van der Waals surface area (Å²) >= 11 is 0. The number of rotatable bonds is 6. The second-order valence-electron chi connectivity index (χ2n) is 8.11. The van der Waals surface area contributed by atoms with Crippen LogP contribution in [-0.4, -0.2) is 15.3 Å². The highest BCUT2D eigenvalue weighted by Crippen LogP contribution is 2.25. The van der Waals surface area contributed by atoms with E-state index in [9.17, 15) is 14.9 Å². The summed E-state index contributed by atoms with van der Waals surface area (Å²) in [4.78, 5) is 30.8. The van der Waals surface area contributed by atoms with Crippen LogP contribution >= 0.6 is 0 Å². The Morgan fingerprint density at radius 2 is 1.91 bits per heavy atom. The van der Waals surface area contributed by atoms with Crippen molar-refractivity contribution in [3.8, 4) is 17.7 Å². The minimum Gasteiger partial charge on any atom is -0.438 e. The number of fused-ring (bicyclic) bond motifs is 1. The van der Waals surface area contributed by atoms with Crippen molar-refractivity contribution in [2.24, 2.45) is 0 Å². The summed E-state index contributed by atoms with van der Waals surface area (Å²) < 4.78 is 7.31. The molecule has 0 atom stereocenters. The SMILES string of the molecule is CCc1ccc(Oc2nc3ccccn3c(=O)c2/C=C(/C#N)C(=O)Nc2cc(C)ccc2C)cc1. The molecule has 7 nitrogen and oxygen atoms in total. The number of hydrogen-bond acceptors (Lipinski definition) is 5. The van der Waals surface area contributed by atoms with E-state index in [4.69, 9.17) is 4.74 Å². The minimum absolute atomic E-state index is 0.000863. The van der Waals surface area contributed by atoms with E-state index in [-0.39, 0.29) is 17.0 Å². The maximum atomic E-state index is 13.3. The van der Waals surface area contributed by atoms with Gasteiger partial charge in [0.2, 0.25) is 5.88 Å². The lowest BCUT2D eigenvalue weighted by molar-refractivity contribution is -0.112. The summed E-state index contributed by atoms with van der Waals surface area (Å²) in [5.74, 6) is -0.128. The number of nitrogens with zero attached hydrogens (tertiary/aromatic N) is 3. The van der Waals surface area contributed by atoms with Crippen LogP contribution in [0.4, 0.5) is 5.69 Å². The highest BCUT2D eigenvalue weighted by molar-refractivity contribution is 6.10. The van der Waals surface area contributed by atoms with Gasteiger partial charge in [-0.1, -0.05) is 37.3 Å². The normalized spacial score (nSPS) is 11.2. The molecule has 4 aromatic rings. The van der Waals surface area contributed by atoms with Gasteiger partial charge in [0.25, 0.3) is 11.5 Å². The molecule has 0 bridgehead atoms. The standard InChI is InChI=1S/C28H24N4O3/c1-4-20-10-12-22(13-11-20)35-27-23(28(34)32-14-6-5-7-25(32)31-27)16-21(17-29)26(33)30-24-15-18(2)8-9-19(24)3/h5-16H,4H2,1-3H3,(H,30,33)/b21-16-. The van der Waals surface area contributed by atoms with Gasteiger partial charge >= 0.3 is 0 Å². The van der Waals surface area contributed by atoms with Crippen LogP contribution < -0.4 is 15.6 Å². The van der Waals surface area contributed by atoms with Gasteiger partial charge in [0.05, 0.1) is 0 Å². The third-order valence-electron chi connectivity index (χ3n) is 5.58. The first-order valence-electron chi connectivity index (χ1n) is 11.2. The van der Waals surface area contributed by atoms with E-state index in [2.05, 4.69) is 17.2 Å². The average molecular weight is 465 g/mol. The summed E-state index contributed by atoms with van der Waals surface area (Å²) in [5, 5.41) is 12.5. The average Bonchev–Trinajstić information content (AvgIpc) is 2.86. The van der Waals surface area contributed by atoms with E-state index in [1.807, 2.05) is 50.2 Å². The third kappa shape index (κ3) is 5.12. The Kier molecular flexibility index (Phi) is 6.74. The largest absolute Gasteiger partial charge is 0.438 e. The zero-order valence-corrected chi connectivity index (χ0v) is 19.7. The molecule has 0 aliphatic rings. The highest BCUT2D eigenvalue weighted by atomic mass is 16.5. The van der Waals surface area contributed by atoms with E-state index in [0.29, 0.717) is 17.1 Å². The van der Waals surface area contributed by atoms with Crippen LogP contribution in [-0.2, 0) is 11.2 Å². The van der Waals surface area contributed by atoms with Crippen molar-refractivity contribution in [2.75, 3.05) is 5.32 Å². The number of benzene rings is 2. The van der Waals surface area contributed by atoms with Gasteiger partial charge in [-0.15, -0.1) is 0 Å². The fraction of sp³-hybridized carbons (Fsp3) is 0.143. The summed E-state index contributed by atoms with van der Waals surface area (Å²) in [6.07, 6.45) is 3.68. The molecular weight excluding hydrogens is 440 g/mol. The molecule has 174 valence electrons. The number of aryl methyl sites for hydroxylation is 3. The van der Waals surface area contributed by atoms with Gasteiger partial charge in [-0.25, -0.2) is 0 Å². The molecule has 2 aromatic heterocycles. The van der Waals surface area contributed by atoms with E-state index in [0.717, 1.165) is 23.1 Å². The van der Waals surface area contributed by atoms with Crippen molar-refractivity contribution in [1.29, 1.82) is 5.26 Å². The second kappa shape index (κ2) is 10.1. The lowest BCUT2D eigenvalue weighted by Crippen LogP contribution is -2.20. The van der Waals surface area contributed by atoms with Crippen LogP contribution in [0.3, 0.4) is 0 Å². The van der Waals surface area contributed by atoms with Gasteiger partial charge in [-0.3, -0.25) is 14.0 Å². The fourth-order valence-electron chi connectivity index (χ4n) is 3.54. The molecule has 35 heavy (non-hydrogen) atoms. The highest BCUT2D eigenvalue weighted by Gasteiger charge is 2.18. The van der Waals surface area contributed by atoms with Crippen molar-refractivity contribution in [2.45, 2.75) is 27.2 Å². The molecule has 0 spiro atoms. The van der Waals surface area contributed by atoms with Gasteiger partial charge in [0.15, 0.2) is 0 Å². The Morgan fingerprint density at radius 3 is 2.63 bits per heavy atom. The zero-order chi connectivity index (χ0) is 24.9. The Hall–Kier alpha value is -4.70. The van der Waals surface area contributed by atoms with Crippen LogP contribution in [0.2, 0.25) is 0 Å². The van der Waals surface area contributed by atoms with E-state index in [1.54, 1.807) is 36.5 Å². The summed E-state index contributed by atoms with van der Waals surface area (Å²) in [6, 6.07) is 20.1. The number of anilines is 1. The summed E-state index contributed by atoms with van der Waals surface area (Å²) in [6.45, 7) is 5.83. The van der Waals surface area contributed by atoms with Crippen molar-refractivity contribution < 1.29 is 9.53 Å². The molecule has 0 saturated heterocycles. The van der Waals surface area contributed by atoms with Crippen molar-refractivity contribution in [3.63, 3.8) is 0 Å². The molecule has 2 heterocycles. The molecule has 0 fully saturated rings. The summed E-state index contributed by atoms with van der Waals surface area (Å²) in [5.41, 5.74) is 3.24. The number of ether oxygens (including phenoxy) is 1. The van der Waals surface area contributed by atoms with Crippen molar-refractivity contribution >= 4 is 23.3 Å². The van der Waals surface area contributed by atoms with E-state index in [1.165, 1.54) is 10.5 Å². The zero-order valence-electron chi connectivity index (χ0n) is 19.7. The number of carbonyl (C=O) groups excluding carboxylic acids is 1. The number of aromatic nitrogens is 2. The predicted molar refractivity (Wildman–Crippen MR) is 135 cm³/mol. The maximum absolute atomic E-state index is 13.3. The smallest absolute Gasteiger partial charge is 0.269 e. The molecule has 0 saturated carbocycles. The number of nitrogens with one attached hydrogen (secondary N) is 1. The predicted octanol–water partition coefficient (Wildman–Crippen LogP) is 5.21. The fourth-order valence-corrected chi connectivity index (χ4v) is 3.54. The van der Waals surface area contributed by atoms with Crippen LogP contribution in [0.25, 0.3) is 11.7 Å². The van der Waals surface area contributed by atoms with Crippen LogP contribution in [0.5, 0.6) is 11.6 Å². The van der Waals surface area contributed by atoms with E-state index >= 15 is 0 Å². The Morgan fingerprint density at radius 1 is 1.14 bits per heavy atom. The van der Waals surface area contributed by atoms with Gasteiger partial charge in [0.1, 0.15) is 28.6 Å². The van der Waals surface area contributed by atoms with Crippen molar-refractivity contribution in [3.05, 3.63) is 105 Å². The molecule has 0 unspecified atom stereocenters. The Balaban J connectivity index is 1.79. The third-order valence-corrected chi connectivity index (χ3v) is 5.58. The Bertz CT molecular complexity index is 1540.